The Hall–Kier alpha value is -4.70. The van der Waals surface area contributed by atoms with Crippen molar-refractivity contribution < 1.29 is 9.59 Å². The summed E-state index contributed by atoms with van der Waals surface area (Å²) in [6, 6.07) is 32.6. The molecule has 0 atom stereocenters. The molecule has 5 aromatic rings. The monoisotopic (exact) mass is 508 g/mol. The average Bonchev–Trinajstić information content (AvgIpc) is 3.44. The van der Waals surface area contributed by atoms with E-state index in [4.69, 9.17) is 0 Å². The molecule has 1 aliphatic heterocycles. The molecule has 0 saturated heterocycles. The van der Waals surface area contributed by atoms with Crippen LogP contribution in [0.15, 0.2) is 103 Å². The lowest BCUT2D eigenvalue weighted by atomic mass is 9.75. The van der Waals surface area contributed by atoms with Crippen LogP contribution in [0.2, 0.25) is 0 Å². The number of ketones is 2. The van der Waals surface area contributed by atoms with Gasteiger partial charge in [0, 0.05) is 40.0 Å². The van der Waals surface area contributed by atoms with Crippen LogP contribution < -0.4 is 4.90 Å². The van der Waals surface area contributed by atoms with Gasteiger partial charge in [0.15, 0.2) is 11.6 Å². The number of rotatable bonds is 3. The topological polar surface area (TPSA) is 42.3 Å². The van der Waals surface area contributed by atoms with Gasteiger partial charge in [0.1, 0.15) is 5.82 Å². The highest BCUT2D eigenvalue weighted by Crippen LogP contribution is 2.53. The summed E-state index contributed by atoms with van der Waals surface area (Å²) in [5, 5.41) is 1.92. The second-order valence-electron chi connectivity index (χ2n) is 10.8. The molecule has 0 spiro atoms. The van der Waals surface area contributed by atoms with Crippen molar-refractivity contribution in [1.29, 1.82) is 0 Å². The number of fused-ring (bicyclic) bond motifs is 4. The van der Waals surface area contributed by atoms with Gasteiger partial charge in [-0.3, -0.25) is 14.5 Å². The van der Waals surface area contributed by atoms with Gasteiger partial charge in [-0.15, -0.1) is 0 Å². The third kappa shape index (κ3) is 3.31. The van der Waals surface area contributed by atoms with E-state index >= 15 is 0 Å². The van der Waals surface area contributed by atoms with E-state index in [1.54, 1.807) is 6.08 Å². The van der Waals surface area contributed by atoms with Crippen LogP contribution >= 0.6 is 0 Å². The minimum absolute atomic E-state index is 0.204. The Labute approximate surface area is 227 Å². The van der Waals surface area contributed by atoms with Gasteiger partial charge >= 0.3 is 0 Å². The summed E-state index contributed by atoms with van der Waals surface area (Å²) < 4.78 is 2.23. The highest BCUT2D eigenvalue weighted by atomic mass is 16.2. The molecular formula is C35H28N2O2. The Balaban J connectivity index is 1.44. The minimum atomic E-state index is -0.269. The predicted molar refractivity (Wildman–Crippen MR) is 158 cm³/mol. The minimum Gasteiger partial charge on any atom is -0.327 e. The predicted octanol–water partition coefficient (Wildman–Crippen LogP) is 8.23. The zero-order valence-electron chi connectivity index (χ0n) is 22.2. The largest absolute Gasteiger partial charge is 0.327 e. The molecule has 4 heteroatoms. The molecule has 1 aromatic heterocycles. The number of allylic oxidation sites excluding steroid dienone is 1. The summed E-state index contributed by atoms with van der Waals surface area (Å²) >= 11 is 0. The maximum atomic E-state index is 13.6. The van der Waals surface area contributed by atoms with Crippen LogP contribution in [0, 0.1) is 0 Å². The van der Waals surface area contributed by atoms with Gasteiger partial charge in [-0.25, -0.2) is 0 Å². The van der Waals surface area contributed by atoms with Gasteiger partial charge in [0.05, 0.1) is 11.3 Å². The molecule has 4 aromatic carbocycles. The van der Waals surface area contributed by atoms with Crippen molar-refractivity contribution in [2.45, 2.75) is 32.7 Å². The second kappa shape index (κ2) is 8.40. The van der Waals surface area contributed by atoms with Gasteiger partial charge in [-0.05, 0) is 65.7 Å². The summed E-state index contributed by atoms with van der Waals surface area (Å²) in [6.45, 7) is 7.29. The van der Waals surface area contributed by atoms with Gasteiger partial charge in [0.25, 0.3) is 0 Å². The van der Waals surface area contributed by atoms with Crippen LogP contribution in [-0.2, 0) is 12.0 Å². The van der Waals surface area contributed by atoms with Crippen LogP contribution in [0.4, 0.5) is 17.2 Å². The molecule has 0 saturated carbocycles. The van der Waals surface area contributed by atoms with Gasteiger partial charge in [-0.1, -0.05) is 74.5 Å². The summed E-state index contributed by atoms with van der Waals surface area (Å²) in [5.74, 6) is 0.662. The van der Waals surface area contributed by atoms with Crippen LogP contribution in [0.1, 0.15) is 58.3 Å². The average molecular weight is 509 g/mol. The fraction of sp³-hybridized carbons (Fsp3) is 0.143. The lowest BCUT2D eigenvalue weighted by Gasteiger charge is -2.41. The van der Waals surface area contributed by atoms with Crippen LogP contribution in [0.5, 0.6) is 0 Å². The Kier molecular flexibility index (Phi) is 5.05. The molecule has 0 unspecified atom stereocenters. The molecule has 1 aliphatic carbocycles. The van der Waals surface area contributed by atoms with Gasteiger partial charge in [-0.2, -0.15) is 0 Å². The summed E-state index contributed by atoms with van der Waals surface area (Å²) in [6.07, 6.45) is 1.81. The Morgan fingerprint density at radius 2 is 1.31 bits per heavy atom. The third-order valence-corrected chi connectivity index (χ3v) is 8.29. The molecule has 0 bridgehead atoms. The summed E-state index contributed by atoms with van der Waals surface area (Å²) in [4.78, 5) is 29.5. The second-order valence-corrected chi connectivity index (χ2v) is 10.8. The molecular weight excluding hydrogens is 480 g/mol. The number of benzene rings is 4. The Bertz CT molecular complexity index is 1800. The number of para-hydroxylation sites is 2. The highest BCUT2D eigenvalue weighted by Gasteiger charge is 2.40. The third-order valence-electron chi connectivity index (χ3n) is 8.29. The normalized spacial score (nSPS) is 15.4. The Morgan fingerprint density at radius 1 is 0.718 bits per heavy atom. The van der Waals surface area contributed by atoms with E-state index in [2.05, 4.69) is 84.8 Å². The van der Waals surface area contributed by atoms with Crippen LogP contribution in [0.25, 0.3) is 16.8 Å². The quantitative estimate of drug-likeness (QED) is 0.182. The van der Waals surface area contributed by atoms with Crippen LogP contribution in [-0.4, -0.2) is 16.1 Å². The van der Waals surface area contributed by atoms with Crippen molar-refractivity contribution in [2.24, 2.45) is 0 Å². The SMILES string of the molecule is CCn1c(C=C2C(=O)c3cc4ccccc4cc3C2=O)cc2c1N(c1ccccc1)c1ccccc1C2(C)C. The fourth-order valence-electron chi connectivity index (χ4n) is 6.29. The smallest absolute Gasteiger partial charge is 0.197 e. The number of anilines is 3. The maximum Gasteiger partial charge on any atom is 0.197 e. The molecule has 190 valence electrons. The van der Waals surface area contributed by atoms with E-state index < -0.39 is 0 Å². The van der Waals surface area contributed by atoms with Crippen molar-refractivity contribution in [3.63, 3.8) is 0 Å². The van der Waals surface area contributed by atoms with Crippen molar-refractivity contribution in [2.75, 3.05) is 4.90 Å². The van der Waals surface area contributed by atoms with Gasteiger partial charge in [0.2, 0.25) is 0 Å². The van der Waals surface area contributed by atoms with E-state index in [9.17, 15) is 9.59 Å². The Morgan fingerprint density at radius 3 is 1.95 bits per heavy atom. The molecule has 39 heavy (non-hydrogen) atoms. The zero-order chi connectivity index (χ0) is 26.9. The number of carbonyl (C=O) groups excluding carboxylic acids is 2. The molecule has 0 fully saturated rings. The standard InChI is InChI=1S/C35H28N2O2/c1-4-36-25(20-28-32(38)26-18-22-12-8-9-13-23(22)19-27(26)33(28)39)21-30-34(36)37(24-14-6-5-7-15-24)31-17-11-10-16-29(31)35(30,2)3/h5-21H,4H2,1-3H3. The molecule has 4 nitrogen and oxygen atoms in total. The van der Waals surface area contributed by atoms with Crippen molar-refractivity contribution in [3.8, 4) is 0 Å². The van der Waals surface area contributed by atoms with Gasteiger partial charge < -0.3 is 4.57 Å². The maximum absolute atomic E-state index is 13.6. The van der Waals surface area contributed by atoms with E-state index in [1.165, 1.54) is 11.1 Å². The molecule has 0 N–H and O–H groups in total. The first kappa shape index (κ1) is 23.4. The first-order valence-electron chi connectivity index (χ1n) is 13.4. The van der Waals surface area contributed by atoms with Crippen molar-refractivity contribution in [3.05, 3.63) is 131 Å². The summed E-state index contributed by atoms with van der Waals surface area (Å²) in [5.41, 5.74) is 6.41. The van der Waals surface area contributed by atoms with E-state index in [0.717, 1.165) is 33.7 Å². The van der Waals surface area contributed by atoms with E-state index in [-0.39, 0.29) is 22.6 Å². The zero-order valence-corrected chi connectivity index (χ0v) is 22.2. The fourth-order valence-corrected chi connectivity index (χ4v) is 6.29. The van der Waals surface area contributed by atoms with Crippen LogP contribution in [0.3, 0.4) is 0 Å². The number of nitrogens with zero attached hydrogens (tertiary/aromatic N) is 2. The molecule has 2 heterocycles. The first-order chi connectivity index (χ1) is 18.9. The van der Waals surface area contributed by atoms with Crippen molar-refractivity contribution >= 4 is 45.6 Å². The number of Topliss-reactive ketones (excluding diaryl/α,β-unsaturated/α-hetero) is 2. The van der Waals surface area contributed by atoms with E-state index in [1.807, 2.05) is 42.5 Å². The molecule has 2 aliphatic rings. The number of carbonyl (C=O) groups is 2. The molecule has 7 rings (SSSR count). The lowest BCUT2D eigenvalue weighted by molar-refractivity contribution is 0.0990. The number of aromatic nitrogens is 1. The molecule has 0 radical (unpaired) electrons. The van der Waals surface area contributed by atoms with E-state index in [0.29, 0.717) is 17.7 Å². The highest BCUT2D eigenvalue weighted by molar-refractivity contribution is 6.42. The van der Waals surface area contributed by atoms with Crippen molar-refractivity contribution in [1.82, 2.24) is 4.57 Å². The number of hydrogen-bond donors (Lipinski definition) is 0. The first-order valence-corrected chi connectivity index (χ1v) is 13.4. The molecule has 0 amide bonds. The lowest BCUT2D eigenvalue weighted by Crippen LogP contribution is -2.31. The summed E-state index contributed by atoms with van der Waals surface area (Å²) in [7, 11) is 0. The number of hydrogen-bond acceptors (Lipinski definition) is 3.